The summed E-state index contributed by atoms with van der Waals surface area (Å²) in [6, 6.07) is 16.9. The number of rotatable bonds is 7. The van der Waals surface area contributed by atoms with Crippen LogP contribution in [0.25, 0.3) is 0 Å². The molecule has 3 nitrogen and oxygen atoms in total. The summed E-state index contributed by atoms with van der Waals surface area (Å²) >= 11 is 0. The van der Waals surface area contributed by atoms with Crippen molar-refractivity contribution in [2.75, 3.05) is 20.6 Å². The van der Waals surface area contributed by atoms with E-state index in [0.29, 0.717) is 5.92 Å². The predicted molar refractivity (Wildman–Crippen MR) is 105 cm³/mol. The molecule has 0 unspecified atom stereocenters. The maximum atomic E-state index is 12.0. The van der Waals surface area contributed by atoms with Crippen LogP contribution in [0.3, 0.4) is 0 Å². The topological polar surface area (TPSA) is 23.6 Å². The van der Waals surface area contributed by atoms with E-state index in [1.807, 2.05) is 12.1 Å². The Hall–Kier alpha value is -2.13. The van der Waals surface area contributed by atoms with Crippen molar-refractivity contribution < 1.29 is 4.79 Å². The van der Waals surface area contributed by atoms with E-state index in [0.717, 1.165) is 25.2 Å². The van der Waals surface area contributed by atoms with E-state index >= 15 is 0 Å². The number of hydrogen-bond acceptors (Lipinski definition) is 2. The number of carbonyl (C=O) groups excluding carboxylic acids is 1. The van der Waals surface area contributed by atoms with Crippen molar-refractivity contribution in [3.8, 4) is 0 Å². The number of nitrogens with zero attached hydrogens (tertiary/aromatic N) is 2. The zero-order valence-electron chi connectivity index (χ0n) is 16.1. The summed E-state index contributed by atoms with van der Waals surface area (Å²) in [5.41, 5.74) is 4.69. The van der Waals surface area contributed by atoms with Crippen molar-refractivity contribution in [1.29, 1.82) is 0 Å². The fraction of sp³-hybridized carbons (Fsp3) is 0.409. The number of carbonyl (C=O) groups is 1. The molecule has 0 N–H and O–H groups in total. The highest BCUT2D eigenvalue weighted by Gasteiger charge is 2.09. The largest absolute Gasteiger partial charge is 0.345 e. The van der Waals surface area contributed by atoms with E-state index in [4.69, 9.17) is 0 Å². The lowest BCUT2D eigenvalue weighted by Crippen LogP contribution is -2.23. The molecule has 0 atom stereocenters. The van der Waals surface area contributed by atoms with E-state index < -0.39 is 0 Å². The maximum Gasteiger partial charge on any atom is 0.253 e. The molecule has 0 aliphatic rings. The molecule has 2 rings (SSSR count). The Labute approximate surface area is 152 Å². The van der Waals surface area contributed by atoms with Crippen molar-refractivity contribution >= 4 is 5.91 Å². The third-order valence-electron chi connectivity index (χ3n) is 4.51. The van der Waals surface area contributed by atoms with Crippen molar-refractivity contribution in [3.05, 3.63) is 70.8 Å². The van der Waals surface area contributed by atoms with Crippen molar-refractivity contribution in [1.82, 2.24) is 9.80 Å². The maximum absolute atomic E-state index is 12.0. The van der Waals surface area contributed by atoms with Crippen LogP contribution in [-0.4, -0.2) is 36.3 Å². The van der Waals surface area contributed by atoms with Gasteiger partial charge >= 0.3 is 0 Å². The monoisotopic (exact) mass is 338 g/mol. The Kier molecular flexibility index (Phi) is 6.77. The molecule has 0 spiro atoms. The lowest BCUT2D eigenvalue weighted by Gasteiger charge is -2.21. The summed E-state index contributed by atoms with van der Waals surface area (Å²) in [5, 5.41) is 0. The lowest BCUT2D eigenvalue weighted by atomic mass is 10.0. The molecule has 134 valence electrons. The molecular formula is C22H30N2O. The van der Waals surface area contributed by atoms with Crippen molar-refractivity contribution in [3.63, 3.8) is 0 Å². The van der Waals surface area contributed by atoms with Gasteiger partial charge in [0.05, 0.1) is 0 Å². The van der Waals surface area contributed by atoms with E-state index in [2.05, 4.69) is 62.1 Å². The Morgan fingerprint density at radius 1 is 0.880 bits per heavy atom. The quantitative estimate of drug-likeness (QED) is 0.740. The molecule has 25 heavy (non-hydrogen) atoms. The van der Waals surface area contributed by atoms with Crippen LogP contribution in [0.1, 0.15) is 53.7 Å². The molecule has 0 bridgehead atoms. The van der Waals surface area contributed by atoms with E-state index in [-0.39, 0.29) is 5.91 Å². The Bertz CT molecular complexity index is 672. The lowest BCUT2D eigenvalue weighted by molar-refractivity contribution is 0.0827. The summed E-state index contributed by atoms with van der Waals surface area (Å²) in [7, 11) is 3.55. The fourth-order valence-electron chi connectivity index (χ4n) is 2.81. The predicted octanol–water partition coefficient (Wildman–Crippen LogP) is 4.53. The standard InChI is InChI=1S/C22H30N2O/c1-6-24(15-18-7-11-20(12-8-18)17(2)3)16-19-9-13-21(14-10-19)22(25)23(4)5/h7-14,17H,6,15-16H2,1-5H3. The highest BCUT2D eigenvalue weighted by Crippen LogP contribution is 2.17. The minimum Gasteiger partial charge on any atom is -0.345 e. The van der Waals surface area contributed by atoms with Crippen LogP contribution >= 0.6 is 0 Å². The van der Waals surface area contributed by atoms with Gasteiger partial charge in [-0.1, -0.05) is 57.2 Å². The van der Waals surface area contributed by atoms with Crippen LogP contribution < -0.4 is 0 Å². The molecule has 2 aromatic rings. The second kappa shape index (κ2) is 8.82. The summed E-state index contributed by atoms with van der Waals surface area (Å²) in [4.78, 5) is 16.0. The third kappa shape index (κ3) is 5.43. The summed E-state index contributed by atoms with van der Waals surface area (Å²) in [5.74, 6) is 0.615. The molecule has 0 fully saturated rings. The normalized spacial score (nSPS) is 11.2. The van der Waals surface area contributed by atoms with Gasteiger partial charge in [-0.15, -0.1) is 0 Å². The van der Waals surface area contributed by atoms with Gasteiger partial charge in [0, 0.05) is 32.7 Å². The van der Waals surface area contributed by atoms with Gasteiger partial charge in [-0.05, 0) is 41.3 Å². The molecule has 2 aromatic carbocycles. The van der Waals surface area contributed by atoms with Gasteiger partial charge in [0.2, 0.25) is 0 Å². The molecule has 0 saturated carbocycles. The van der Waals surface area contributed by atoms with Gasteiger partial charge in [0.25, 0.3) is 5.91 Å². The Balaban J connectivity index is 2.00. The second-order valence-electron chi connectivity index (χ2n) is 7.10. The first-order valence-electron chi connectivity index (χ1n) is 9.02. The van der Waals surface area contributed by atoms with Crippen LogP contribution in [0.15, 0.2) is 48.5 Å². The van der Waals surface area contributed by atoms with Crippen molar-refractivity contribution in [2.45, 2.75) is 39.8 Å². The van der Waals surface area contributed by atoms with Crippen LogP contribution in [0.4, 0.5) is 0 Å². The molecule has 0 heterocycles. The molecule has 0 aromatic heterocycles. The molecule has 0 aliphatic carbocycles. The first-order valence-corrected chi connectivity index (χ1v) is 9.02. The van der Waals surface area contributed by atoms with Gasteiger partial charge < -0.3 is 4.90 Å². The van der Waals surface area contributed by atoms with E-state index in [1.54, 1.807) is 19.0 Å². The second-order valence-corrected chi connectivity index (χ2v) is 7.10. The molecule has 3 heteroatoms. The number of benzene rings is 2. The summed E-state index contributed by atoms with van der Waals surface area (Å²) in [6.45, 7) is 9.44. The SMILES string of the molecule is CCN(Cc1ccc(C(=O)N(C)C)cc1)Cc1ccc(C(C)C)cc1. The molecule has 0 radical (unpaired) electrons. The third-order valence-corrected chi connectivity index (χ3v) is 4.51. The summed E-state index contributed by atoms with van der Waals surface area (Å²) in [6.07, 6.45) is 0. The fourth-order valence-corrected chi connectivity index (χ4v) is 2.81. The highest BCUT2D eigenvalue weighted by molar-refractivity contribution is 5.93. The average Bonchev–Trinajstić information content (AvgIpc) is 2.61. The average molecular weight is 338 g/mol. The zero-order chi connectivity index (χ0) is 18.4. The van der Waals surface area contributed by atoms with Gasteiger partial charge in [0.1, 0.15) is 0 Å². The van der Waals surface area contributed by atoms with Gasteiger partial charge in [0.15, 0.2) is 0 Å². The van der Waals surface area contributed by atoms with Gasteiger partial charge in [-0.25, -0.2) is 0 Å². The smallest absolute Gasteiger partial charge is 0.253 e. The zero-order valence-corrected chi connectivity index (χ0v) is 16.1. The van der Waals surface area contributed by atoms with Crippen LogP contribution in [0.2, 0.25) is 0 Å². The number of amides is 1. The highest BCUT2D eigenvalue weighted by atomic mass is 16.2. The minimum absolute atomic E-state index is 0.0455. The Morgan fingerprint density at radius 2 is 1.36 bits per heavy atom. The van der Waals surface area contributed by atoms with E-state index in [1.165, 1.54) is 16.7 Å². The molecule has 1 amide bonds. The first kappa shape index (κ1) is 19.2. The Morgan fingerprint density at radius 3 is 1.76 bits per heavy atom. The molecular weight excluding hydrogens is 308 g/mol. The van der Waals surface area contributed by atoms with Crippen molar-refractivity contribution in [2.24, 2.45) is 0 Å². The van der Waals surface area contributed by atoms with Crippen LogP contribution in [0.5, 0.6) is 0 Å². The molecule has 0 aliphatic heterocycles. The molecule has 0 saturated heterocycles. The minimum atomic E-state index is 0.0455. The number of hydrogen-bond donors (Lipinski definition) is 0. The van der Waals surface area contributed by atoms with Gasteiger partial charge in [-0.3, -0.25) is 9.69 Å². The van der Waals surface area contributed by atoms with Crippen LogP contribution in [-0.2, 0) is 13.1 Å². The first-order chi connectivity index (χ1) is 11.9. The van der Waals surface area contributed by atoms with Gasteiger partial charge in [-0.2, -0.15) is 0 Å². The summed E-state index contributed by atoms with van der Waals surface area (Å²) < 4.78 is 0. The van der Waals surface area contributed by atoms with E-state index in [9.17, 15) is 4.79 Å². The van der Waals surface area contributed by atoms with Crippen LogP contribution in [0, 0.1) is 0 Å².